The van der Waals surface area contributed by atoms with Crippen molar-refractivity contribution in [2.45, 2.75) is 38.5 Å². The topological polar surface area (TPSA) is 77.4 Å². The third-order valence-electron chi connectivity index (χ3n) is 5.86. The van der Waals surface area contributed by atoms with E-state index in [1.165, 1.54) is 20.3 Å². The molecule has 2 N–H and O–H groups in total. The molecule has 0 bridgehead atoms. The largest absolute Gasteiger partial charge is 0.493 e. The number of fused-ring (bicyclic) bond motifs is 1. The van der Waals surface area contributed by atoms with Crippen LogP contribution in [0.1, 0.15) is 45.7 Å². The molecule has 1 aliphatic rings. The molecule has 3 aromatic rings. The van der Waals surface area contributed by atoms with Crippen LogP contribution in [-0.2, 0) is 0 Å². The fourth-order valence-electron chi connectivity index (χ4n) is 4.11. The molecule has 1 aromatic heterocycles. The zero-order valence-corrected chi connectivity index (χ0v) is 19.2. The van der Waals surface area contributed by atoms with E-state index in [0.717, 1.165) is 15.8 Å². The lowest BCUT2D eigenvalue weighted by Crippen LogP contribution is -2.35. The molecule has 34 heavy (non-hydrogen) atoms. The summed E-state index contributed by atoms with van der Waals surface area (Å²) in [5, 5.41) is 9.83. The average molecular weight is 474 g/mol. The lowest BCUT2D eigenvalue weighted by Gasteiger charge is -2.33. The fourth-order valence-corrected chi connectivity index (χ4v) is 4.11. The number of carbonyl (C=O) groups is 1. The maximum atomic E-state index is 14.0. The summed E-state index contributed by atoms with van der Waals surface area (Å²) in [4.78, 5) is 12.8. The van der Waals surface area contributed by atoms with Gasteiger partial charge in [-0.1, -0.05) is 23.8 Å². The highest BCUT2D eigenvalue weighted by Gasteiger charge is 2.47. The zero-order chi connectivity index (χ0) is 24.6. The summed E-state index contributed by atoms with van der Waals surface area (Å²) >= 11 is 0. The molecule has 10 heteroatoms. The van der Waals surface area contributed by atoms with Gasteiger partial charge >= 0.3 is 6.18 Å². The maximum Gasteiger partial charge on any atom is 0.410 e. The molecule has 1 aliphatic heterocycles. The first-order chi connectivity index (χ1) is 16.1. The summed E-state index contributed by atoms with van der Waals surface area (Å²) in [5.74, 6) is 0.418. The first-order valence-electron chi connectivity index (χ1n) is 10.6. The smallest absolute Gasteiger partial charge is 0.410 e. The van der Waals surface area contributed by atoms with Gasteiger partial charge in [0.2, 0.25) is 0 Å². The number of methoxy groups -OCH3 is 2. The van der Waals surface area contributed by atoms with E-state index in [1.54, 1.807) is 24.3 Å². The van der Waals surface area contributed by atoms with Crippen molar-refractivity contribution in [2.75, 3.05) is 24.9 Å². The number of alkyl halides is 3. The average Bonchev–Trinajstić information content (AvgIpc) is 3.23. The third kappa shape index (κ3) is 4.52. The molecule has 2 atom stereocenters. The van der Waals surface area contributed by atoms with E-state index in [4.69, 9.17) is 9.47 Å². The maximum absolute atomic E-state index is 14.0. The van der Waals surface area contributed by atoms with Crippen LogP contribution in [0.5, 0.6) is 11.5 Å². The minimum atomic E-state index is -4.56. The van der Waals surface area contributed by atoms with E-state index in [9.17, 15) is 18.0 Å². The van der Waals surface area contributed by atoms with E-state index in [2.05, 4.69) is 15.7 Å². The molecule has 0 spiro atoms. The standard InChI is InChI=1S/C24H25F3N4O3/c1-13-5-7-16(14(2)9-13)29-23(32)18-12-22-28-17(11-21(24(25,26)27)31(22)30-18)15-6-8-19(33-3)20(10-15)34-4/h5-10,12,17,21,28H,11H2,1-4H3,(H,29,32)/t17-,21-/m1/s1. The van der Waals surface area contributed by atoms with Crippen molar-refractivity contribution >= 4 is 17.4 Å². The van der Waals surface area contributed by atoms with Crippen LogP contribution in [-0.4, -0.2) is 36.1 Å². The summed E-state index contributed by atoms with van der Waals surface area (Å²) in [6.45, 7) is 3.77. The van der Waals surface area contributed by atoms with Gasteiger partial charge in [0.1, 0.15) is 5.82 Å². The Morgan fingerprint density at radius 1 is 1.09 bits per heavy atom. The number of aryl methyl sites for hydroxylation is 2. The Morgan fingerprint density at radius 3 is 2.47 bits per heavy atom. The normalized spacial score (nSPS) is 17.5. The Hall–Kier alpha value is -3.69. The summed E-state index contributed by atoms with van der Waals surface area (Å²) in [6, 6.07) is 9.24. The molecule has 4 rings (SSSR count). The van der Waals surface area contributed by atoms with Crippen molar-refractivity contribution in [1.82, 2.24) is 9.78 Å². The number of nitrogens with zero attached hydrogens (tertiary/aromatic N) is 2. The van der Waals surface area contributed by atoms with Crippen LogP contribution < -0.4 is 20.1 Å². The highest BCUT2D eigenvalue weighted by atomic mass is 19.4. The van der Waals surface area contributed by atoms with Crippen molar-refractivity contribution in [3.63, 3.8) is 0 Å². The second-order valence-corrected chi connectivity index (χ2v) is 8.24. The quantitative estimate of drug-likeness (QED) is 0.516. The van der Waals surface area contributed by atoms with Gasteiger partial charge in [-0.15, -0.1) is 0 Å². The summed E-state index contributed by atoms with van der Waals surface area (Å²) < 4.78 is 53.3. The molecule has 0 radical (unpaired) electrons. The second kappa shape index (κ2) is 8.92. The Morgan fingerprint density at radius 2 is 1.82 bits per heavy atom. The zero-order valence-electron chi connectivity index (χ0n) is 19.2. The van der Waals surface area contributed by atoms with Gasteiger partial charge in [0.05, 0.1) is 20.3 Å². The first kappa shape index (κ1) is 23.5. The first-order valence-corrected chi connectivity index (χ1v) is 10.6. The molecule has 180 valence electrons. The lowest BCUT2D eigenvalue weighted by atomic mass is 9.96. The highest BCUT2D eigenvalue weighted by molar-refractivity contribution is 6.03. The molecule has 2 aromatic carbocycles. The molecule has 7 nitrogen and oxygen atoms in total. The number of aromatic nitrogens is 2. The number of hydrogen-bond donors (Lipinski definition) is 2. The monoisotopic (exact) mass is 474 g/mol. The number of benzene rings is 2. The lowest BCUT2D eigenvalue weighted by molar-refractivity contribution is -0.173. The van der Waals surface area contributed by atoms with Gasteiger partial charge in [-0.2, -0.15) is 18.3 Å². The Bertz CT molecular complexity index is 1220. The molecule has 1 amide bonds. The van der Waals surface area contributed by atoms with Crippen molar-refractivity contribution < 1.29 is 27.4 Å². The van der Waals surface area contributed by atoms with Gasteiger partial charge in [-0.3, -0.25) is 4.79 Å². The summed E-state index contributed by atoms with van der Waals surface area (Å²) in [5.41, 5.74) is 2.94. The summed E-state index contributed by atoms with van der Waals surface area (Å²) in [6.07, 6.45) is -4.86. The molecule has 0 fully saturated rings. The van der Waals surface area contributed by atoms with Crippen LogP contribution in [0.25, 0.3) is 0 Å². The molecular weight excluding hydrogens is 449 g/mol. The molecule has 2 heterocycles. The van der Waals surface area contributed by atoms with Crippen LogP contribution in [0.4, 0.5) is 24.7 Å². The van der Waals surface area contributed by atoms with Crippen LogP contribution in [0.3, 0.4) is 0 Å². The SMILES string of the molecule is COc1ccc([C@H]2C[C@H](C(F)(F)F)n3nc(C(=O)Nc4ccc(C)cc4C)cc3N2)cc1OC. The number of ether oxygens (including phenoxy) is 2. The Balaban J connectivity index is 1.65. The van der Waals surface area contributed by atoms with E-state index in [0.29, 0.717) is 22.7 Å². The predicted molar refractivity (Wildman–Crippen MR) is 122 cm³/mol. The van der Waals surface area contributed by atoms with Gasteiger partial charge in [-0.05, 0) is 43.2 Å². The highest BCUT2D eigenvalue weighted by Crippen LogP contribution is 2.44. The van der Waals surface area contributed by atoms with Gasteiger partial charge in [0, 0.05) is 18.2 Å². The number of carbonyl (C=O) groups excluding carboxylic acids is 1. The molecule has 0 aliphatic carbocycles. The minimum Gasteiger partial charge on any atom is -0.493 e. The molecular formula is C24H25F3N4O3. The Kier molecular flexibility index (Phi) is 6.16. The van der Waals surface area contributed by atoms with Gasteiger partial charge in [0.15, 0.2) is 23.2 Å². The van der Waals surface area contributed by atoms with E-state index < -0.39 is 24.2 Å². The van der Waals surface area contributed by atoms with Crippen LogP contribution in [0.15, 0.2) is 42.5 Å². The van der Waals surface area contributed by atoms with Gasteiger partial charge in [-0.25, -0.2) is 4.68 Å². The molecule has 0 saturated carbocycles. The van der Waals surface area contributed by atoms with Crippen molar-refractivity contribution in [3.8, 4) is 11.5 Å². The van der Waals surface area contributed by atoms with Crippen molar-refractivity contribution in [2.24, 2.45) is 0 Å². The molecule has 0 unspecified atom stereocenters. The van der Waals surface area contributed by atoms with Gasteiger partial charge < -0.3 is 20.1 Å². The van der Waals surface area contributed by atoms with Crippen LogP contribution in [0.2, 0.25) is 0 Å². The number of halogens is 3. The Labute approximate surface area is 194 Å². The third-order valence-corrected chi connectivity index (χ3v) is 5.86. The number of hydrogen-bond acceptors (Lipinski definition) is 5. The number of nitrogens with one attached hydrogen (secondary N) is 2. The van der Waals surface area contributed by atoms with Crippen LogP contribution >= 0.6 is 0 Å². The van der Waals surface area contributed by atoms with E-state index >= 15 is 0 Å². The van der Waals surface area contributed by atoms with E-state index in [1.807, 2.05) is 26.0 Å². The van der Waals surface area contributed by atoms with Gasteiger partial charge in [0.25, 0.3) is 5.91 Å². The number of amides is 1. The van der Waals surface area contributed by atoms with Crippen molar-refractivity contribution in [3.05, 3.63) is 64.8 Å². The summed E-state index contributed by atoms with van der Waals surface area (Å²) in [7, 11) is 2.95. The number of rotatable bonds is 5. The van der Waals surface area contributed by atoms with Crippen LogP contribution in [0, 0.1) is 13.8 Å². The minimum absolute atomic E-state index is 0.107. The van der Waals surface area contributed by atoms with E-state index in [-0.39, 0.29) is 17.9 Å². The van der Waals surface area contributed by atoms with Crippen molar-refractivity contribution in [1.29, 1.82) is 0 Å². The predicted octanol–water partition coefficient (Wildman–Crippen LogP) is 5.43. The fraction of sp³-hybridized carbons (Fsp3) is 0.333. The second-order valence-electron chi connectivity index (χ2n) is 8.24. The molecule has 0 saturated heterocycles. The number of anilines is 2.